The lowest BCUT2D eigenvalue weighted by Crippen LogP contribution is -2.32. The first-order valence-electron chi connectivity index (χ1n) is 9.03. The highest BCUT2D eigenvalue weighted by molar-refractivity contribution is 5.88. The predicted octanol–water partition coefficient (Wildman–Crippen LogP) is 5.41. The number of aryl methyl sites for hydroxylation is 4. The van der Waals surface area contributed by atoms with E-state index < -0.39 is 0 Å². The average molecular weight is 328 g/mol. The number of fused-ring (bicyclic) bond motifs is 3. The molecule has 0 saturated carbocycles. The van der Waals surface area contributed by atoms with Gasteiger partial charge in [-0.2, -0.15) is 0 Å². The van der Waals surface area contributed by atoms with Crippen LogP contribution in [0, 0.1) is 20.8 Å². The van der Waals surface area contributed by atoms with E-state index in [2.05, 4.69) is 94.9 Å². The Morgan fingerprint density at radius 2 is 1.48 bits per heavy atom. The maximum atomic E-state index is 2.38. The van der Waals surface area contributed by atoms with E-state index in [-0.39, 0.29) is 5.41 Å². The van der Waals surface area contributed by atoms with Gasteiger partial charge in [-0.15, -0.1) is 0 Å². The molecular formula is C24H26N+. The second-order valence-corrected chi connectivity index (χ2v) is 8.01. The van der Waals surface area contributed by atoms with E-state index in [1.165, 1.54) is 50.2 Å². The summed E-state index contributed by atoms with van der Waals surface area (Å²) in [6, 6.07) is 15.8. The Bertz CT molecular complexity index is 1010. The molecule has 2 aromatic carbocycles. The van der Waals surface area contributed by atoms with Gasteiger partial charge in [-0.3, -0.25) is 0 Å². The van der Waals surface area contributed by atoms with Gasteiger partial charge in [0.2, 0.25) is 5.69 Å². The Morgan fingerprint density at radius 3 is 2.20 bits per heavy atom. The molecule has 4 rings (SSSR count). The molecule has 0 saturated heterocycles. The normalized spacial score (nSPS) is 14.3. The zero-order chi connectivity index (χ0) is 17.9. The highest BCUT2D eigenvalue weighted by Crippen LogP contribution is 2.53. The summed E-state index contributed by atoms with van der Waals surface area (Å²) >= 11 is 0. The highest BCUT2D eigenvalue weighted by Gasteiger charge is 2.40. The van der Waals surface area contributed by atoms with Crippen LogP contribution in [0.25, 0.3) is 22.4 Å². The van der Waals surface area contributed by atoms with Crippen molar-refractivity contribution < 1.29 is 4.57 Å². The van der Waals surface area contributed by atoms with Crippen molar-refractivity contribution in [1.29, 1.82) is 0 Å². The van der Waals surface area contributed by atoms with Crippen LogP contribution in [0.5, 0.6) is 0 Å². The summed E-state index contributed by atoms with van der Waals surface area (Å²) in [6.07, 6.45) is 2.22. The quantitative estimate of drug-likeness (QED) is 0.526. The van der Waals surface area contributed by atoms with Gasteiger partial charge < -0.3 is 0 Å². The van der Waals surface area contributed by atoms with Gasteiger partial charge >= 0.3 is 0 Å². The first kappa shape index (κ1) is 16.1. The molecule has 1 aromatic heterocycles. The van der Waals surface area contributed by atoms with Crippen molar-refractivity contribution in [1.82, 2.24) is 0 Å². The molecule has 0 radical (unpaired) electrons. The van der Waals surface area contributed by atoms with Crippen LogP contribution in [0.1, 0.15) is 41.7 Å². The molecule has 0 amide bonds. The Hall–Kier alpha value is -2.41. The minimum absolute atomic E-state index is 0.00918. The van der Waals surface area contributed by atoms with Gasteiger partial charge in [0, 0.05) is 17.0 Å². The van der Waals surface area contributed by atoms with Crippen molar-refractivity contribution in [2.24, 2.45) is 7.05 Å². The third-order valence-corrected chi connectivity index (χ3v) is 5.76. The average Bonchev–Trinajstić information content (AvgIpc) is 2.77. The molecule has 126 valence electrons. The summed E-state index contributed by atoms with van der Waals surface area (Å²) in [5.74, 6) is 0. The van der Waals surface area contributed by atoms with Crippen LogP contribution in [0.3, 0.4) is 0 Å². The fraction of sp³-hybridized carbons (Fsp3) is 0.292. The lowest BCUT2D eigenvalue weighted by molar-refractivity contribution is -0.660. The molecule has 25 heavy (non-hydrogen) atoms. The monoisotopic (exact) mass is 328 g/mol. The van der Waals surface area contributed by atoms with Crippen LogP contribution in [0.2, 0.25) is 0 Å². The molecule has 0 unspecified atom stereocenters. The maximum Gasteiger partial charge on any atom is 0.212 e. The topological polar surface area (TPSA) is 3.88 Å². The molecule has 1 aliphatic carbocycles. The van der Waals surface area contributed by atoms with Gasteiger partial charge in [0.15, 0.2) is 6.20 Å². The Balaban J connectivity index is 2.11. The van der Waals surface area contributed by atoms with Crippen molar-refractivity contribution in [3.63, 3.8) is 0 Å². The molecule has 1 heteroatoms. The van der Waals surface area contributed by atoms with Gasteiger partial charge in [0.1, 0.15) is 7.05 Å². The summed E-state index contributed by atoms with van der Waals surface area (Å²) in [5.41, 5.74) is 12.4. The van der Waals surface area contributed by atoms with Gasteiger partial charge in [0.05, 0.1) is 5.56 Å². The Labute approximate surface area is 151 Å². The standard InChI is InChI=1S/C24H26N/c1-15-10-13-20(25(6)14-15)21-16(2)11-12-19-18-9-7-8-17(3)22(18)24(4,5)23(19)21/h7-14H,1-6H3/q+1. The number of hydrogen-bond donors (Lipinski definition) is 0. The molecule has 0 bridgehead atoms. The first-order chi connectivity index (χ1) is 11.8. The van der Waals surface area contributed by atoms with Crippen molar-refractivity contribution in [3.8, 4) is 22.4 Å². The van der Waals surface area contributed by atoms with Crippen molar-refractivity contribution >= 4 is 0 Å². The predicted molar refractivity (Wildman–Crippen MR) is 105 cm³/mol. The van der Waals surface area contributed by atoms with E-state index >= 15 is 0 Å². The largest absolute Gasteiger partial charge is 0.212 e. The Kier molecular flexibility index (Phi) is 3.40. The minimum Gasteiger partial charge on any atom is -0.201 e. The molecule has 1 nitrogen and oxygen atoms in total. The van der Waals surface area contributed by atoms with E-state index in [1.54, 1.807) is 0 Å². The number of benzene rings is 2. The maximum absolute atomic E-state index is 2.38. The zero-order valence-corrected chi connectivity index (χ0v) is 16.1. The number of pyridine rings is 1. The molecule has 0 N–H and O–H groups in total. The molecule has 0 fully saturated rings. The van der Waals surface area contributed by atoms with Crippen LogP contribution in [0.4, 0.5) is 0 Å². The lowest BCUT2D eigenvalue weighted by atomic mass is 9.77. The number of rotatable bonds is 1. The third-order valence-electron chi connectivity index (χ3n) is 5.76. The zero-order valence-electron chi connectivity index (χ0n) is 16.1. The van der Waals surface area contributed by atoms with Crippen LogP contribution < -0.4 is 4.57 Å². The fourth-order valence-corrected chi connectivity index (χ4v) is 4.76. The number of hydrogen-bond acceptors (Lipinski definition) is 0. The van der Waals surface area contributed by atoms with Crippen molar-refractivity contribution in [3.05, 3.63) is 76.5 Å². The summed E-state index contributed by atoms with van der Waals surface area (Å²) in [7, 11) is 2.15. The smallest absolute Gasteiger partial charge is 0.201 e. The van der Waals surface area contributed by atoms with Crippen molar-refractivity contribution in [2.45, 2.75) is 40.0 Å². The number of aromatic nitrogens is 1. The van der Waals surface area contributed by atoms with Gasteiger partial charge in [-0.05, 0) is 60.2 Å². The first-order valence-corrected chi connectivity index (χ1v) is 9.03. The molecule has 3 aromatic rings. The second kappa shape index (κ2) is 5.29. The highest BCUT2D eigenvalue weighted by atomic mass is 14.9. The van der Waals surface area contributed by atoms with Gasteiger partial charge in [-0.25, -0.2) is 4.57 Å². The van der Waals surface area contributed by atoms with E-state index in [0.29, 0.717) is 0 Å². The molecule has 0 aliphatic heterocycles. The second-order valence-electron chi connectivity index (χ2n) is 8.01. The molecular weight excluding hydrogens is 302 g/mol. The van der Waals surface area contributed by atoms with E-state index in [1.807, 2.05) is 0 Å². The van der Waals surface area contributed by atoms with Crippen LogP contribution >= 0.6 is 0 Å². The van der Waals surface area contributed by atoms with Crippen LogP contribution in [0.15, 0.2) is 48.7 Å². The summed E-state index contributed by atoms with van der Waals surface area (Å²) < 4.78 is 2.27. The Morgan fingerprint density at radius 1 is 0.760 bits per heavy atom. The SMILES string of the molecule is Cc1ccc(-c2c(C)ccc3c2C(C)(C)c2c(C)cccc2-3)[n+](C)c1. The van der Waals surface area contributed by atoms with E-state index in [0.717, 1.165) is 0 Å². The molecule has 1 aliphatic rings. The van der Waals surface area contributed by atoms with Gasteiger partial charge in [0.25, 0.3) is 0 Å². The summed E-state index contributed by atoms with van der Waals surface area (Å²) in [5, 5.41) is 0. The minimum atomic E-state index is 0.00918. The fourth-order valence-electron chi connectivity index (χ4n) is 4.76. The number of nitrogens with zero attached hydrogens (tertiary/aromatic N) is 1. The van der Waals surface area contributed by atoms with Crippen LogP contribution in [-0.4, -0.2) is 0 Å². The van der Waals surface area contributed by atoms with Crippen molar-refractivity contribution in [2.75, 3.05) is 0 Å². The summed E-state index contributed by atoms with van der Waals surface area (Å²) in [6.45, 7) is 11.4. The van der Waals surface area contributed by atoms with E-state index in [4.69, 9.17) is 0 Å². The summed E-state index contributed by atoms with van der Waals surface area (Å²) in [4.78, 5) is 0. The third kappa shape index (κ3) is 2.18. The molecule has 0 spiro atoms. The molecule has 0 atom stereocenters. The van der Waals surface area contributed by atoms with E-state index in [9.17, 15) is 0 Å². The van der Waals surface area contributed by atoms with Crippen LogP contribution in [-0.2, 0) is 12.5 Å². The lowest BCUT2D eigenvalue weighted by Gasteiger charge is -2.26. The molecule has 1 heterocycles. The van der Waals surface area contributed by atoms with Gasteiger partial charge in [-0.1, -0.05) is 44.2 Å².